The third-order valence-electron chi connectivity index (χ3n) is 6.86. The lowest BCUT2D eigenvalue weighted by Gasteiger charge is -2.23. The summed E-state index contributed by atoms with van der Waals surface area (Å²) in [6.07, 6.45) is 1.61. The van der Waals surface area contributed by atoms with Crippen molar-refractivity contribution < 1.29 is 19.4 Å². The summed E-state index contributed by atoms with van der Waals surface area (Å²) in [7, 11) is 0. The lowest BCUT2D eigenvalue weighted by Crippen LogP contribution is -2.29. The number of aliphatic hydroxyl groups is 1. The lowest BCUT2D eigenvalue weighted by atomic mass is 9.94. The number of aryl methyl sites for hydroxylation is 1. The Hall–Kier alpha value is -3.68. The van der Waals surface area contributed by atoms with E-state index in [9.17, 15) is 14.7 Å². The number of amides is 1. The van der Waals surface area contributed by atoms with Crippen LogP contribution >= 0.6 is 22.9 Å². The Labute approximate surface area is 222 Å². The average Bonchev–Trinajstić information content (AvgIpc) is 3.55. The van der Waals surface area contributed by atoms with E-state index < -0.39 is 17.7 Å². The van der Waals surface area contributed by atoms with Crippen LogP contribution in [-0.2, 0) is 22.4 Å². The molecule has 6 nitrogen and oxygen atoms in total. The highest BCUT2D eigenvalue weighted by Gasteiger charge is 2.48. The molecule has 4 aromatic rings. The Morgan fingerprint density at radius 1 is 1.14 bits per heavy atom. The topological polar surface area (TPSA) is 79.7 Å². The minimum atomic E-state index is -0.828. The van der Waals surface area contributed by atoms with Crippen LogP contribution in [0, 0.1) is 0 Å². The van der Waals surface area contributed by atoms with E-state index in [-0.39, 0.29) is 17.4 Å². The van der Waals surface area contributed by atoms with E-state index in [4.69, 9.17) is 16.3 Å². The van der Waals surface area contributed by atoms with E-state index in [1.165, 1.54) is 16.2 Å². The maximum atomic E-state index is 13.5. The molecule has 6 rings (SSSR count). The number of ether oxygens (including phenoxy) is 1. The molecule has 0 bridgehead atoms. The van der Waals surface area contributed by atoms with Crippen molar-refractivity contribution >= 4 is 55.7 Å². The van der Waals surface area contributed by atoms with Crippen molar-refractivity contribution in [3.63, 3.8) is 0 Å². The Balaban J connectivity index is 1.53. The van der Waals surface area contributed by atoms with Gasteiger partial charge < -0.3 is 9.84 Å². The number of anilines is 1. The molecule has 1 fully saturated rings. The van der Waals surface area contributed by atoms with Gasteiger partial charge in [-0.15, -0.1) is 0 Å². The van der Waals surface area contributed by atoms with Crippen LogP contribution in [0.2, 0.25) is 5.02 Å². The molecule has 8 heteroatoms. The highest BCUT2D eigenvalue weighted by molar-refractivity contribution is 7.22. The first kappa shape index (κ1) is 23.7. The number of aromatic nitrogens is 1. The van der Waals surface area contributed by atoms with Crippen molar-refractivity contribution in [2.45, 2.75) is 38.8 Å². The number of carbonyl (C=O) groups is 2. The van der Waals surface area contributed by atoms with Gasteiger partial charge in [0.05, 0.1) is 21.8 Å². The van der Waals surface area contributed by atoms with Gasteiger partial charge in [0.1, 0.15) is 17.6 Å². The number of thiazole rings is 1. The van der Waals surface area contributed by atoms with Crippen LogP contribution in [0.3, 0.4) is 0 Å². The van der Waals surface area contributed by atoms with Gasteiger partial charge in [-0.1, -0.05) is 54.1 Å². The normalized spacial score (nSPS) is 20.5. The minimum absolute atomic E-state index is 0.0402. The molecule has 186 valence electrons. The number of Topliss-reactive ketones (excluding diaryl/α,β-unsaturated/α-hetero) is 1. The van der Waals surface area contributed by atoms with Crippen molar-refractivity contribution in [3.8, 4) is 5.75 Å². The summed E-state index contributed by atoms with van der Waals surface area (Å²) in [4.78, 5) is 33.0. The van der Waals surface area contributed by atoms with Gasteiger partial charge in [-0.25, -0.2) is 4.98 Å². The smallest absolute Gasteiger partial charge is 0.301 e. The quantitative estimate of drug-likeness (QED) is 0.186. The van der Waals surface area contributed by atoms with E-state index in [2.05, 4.69) is 11.9 Å². The Kier molecular flexibility index (Phi) is 5.77. The number of halogens is 1. The molecule has 1 saturated heterocycles. The Morgan fingerprint density at radius 3 is 2.68 bits per heavy atom. The monoisotopic (exact) mass is 530 g/mol. The molecule has 0 aliphatic carbocycles. The molecule has 3 heterocycles. The fraction of sp³-hybridized carbons (Fsp3) is 0.207. The van der Waals surface area contributed by atoms with Crippen LogP contribution < -0.4 is 9.64 Å². The summed E-state index contributed by atoms with van der Waals surface area (Å²) in [5.41, 5.74) is 3.99. The molecular weight excluding hydrogens is 508 g/mol. The third kappa shape index (κ3) is 3.99. The van der Waals surface area contributed by atoms with Gasteiger partial charge in [-0.05, 0) is 66.4 Å². The van der Waals surface area contributed by atoms with Gasteiger partial charge in [-0.2, -0.15) is 0 Å². The predicted molar refractivity (Wildman–Crippen MR) is 145 cm³/mol. The van der Waals surface area contributed by atoms with Crippen LogP contribution in [0.5, 0.6) is 5.75 Å². The summed E-state index contributed by atoms with van der Waals surface area (Å²) in [5, 5.41) is 12.4. The molecule has 0 radical (unpaired) electrons. The second-order valence-corrected chi connectivity index (χ2v) is 10.8. The maximum Gasteiger partial charge on any atom is 0.301 e. The molecule has 1 aromatic heterocycles. The number of nitrogens with zero attached hydrogens (tertiary/aromatic N) is 2. The first-order valence-electron chi connectivity index (χ1n) is 12.1. The van der Waals surface area contributed by atoms with Crippen LogP contribution in [0.1, 0.15) is 42.1 Å². The van der Waals surface area contributed by atoms with Crippen molar-refractivity contribution in [1.82, 2.24) is 4.98 Å². The highest BCUT2D eigenvalue weighted by Crippen LogP contribution is 2.45. The largest absolute Gasteiger partial charge is 0.507 e. The van der Waals surface area contributed by atoms with E-state index in [1.54, 1.807) is 30.3 Å². The van der Waals surface area contributed by atoms with E-state index in [0.717, 1.165) is 28.0 Å². The zero-order valence-electron chi connectivity index (χ0n) is 20.2. The molecule has 0 spiro atoms. The number of aliphatic hydroxyl groups excluding tert-OH is 1. The lowest BCUT2D eigenvalue weighted by molar-refractivity contribution is -0.132. The number of rotatable bonds is 4. The molecule has 3 aromatic carbocycles. The molecule has 1 amide bonds. The van der Waals surface area contributed by atoms with Crippen LogP contribution in [0.25, 0.3) is 16.0 Å². The van der Waals surface area contributed by atoms with Gasteiger partial charge in [0, 0.05) is 17.0 Å². The zero-order chi connectivity index (χ0) is 25.8. The van der Waals surface area contributed by atoms with Crippen LogP contribution in [0.4, 0.5) is 5.13 Å². The molecule has 37 heavy (non-hydrogen) atoms. The second kappa shape index (κ2) is 9.01. The molecule has 2 aliphatic rings. The van der Waals surface area contributed by atoms with Crippen LogP contribution in [-0.4, -0.2) is 27.9 Å². The number of hydrogen-bond donors (Lipinski definition) is 1. The summed E-state index contributed by atoms with van der Waals surface area (Å²) in [6, 6.07) is 17.6. The fourth-order valence-electron chi connectivity index (χ4n) is 5.00. The summed E-state index contributed by atoms with van der Waals surface area (Å²) < 4.78 is 6.59. The molecule has 2 atom stereocenters. The van der Waals surface area contributed by atoms with Gasteiger partial charge in [0.25, 0.3) is 5.78 Å². The van der Waals surface area contributed by atoms with Gasteiger partial charge in [0.15, 0.2) is 5.13 Å². The molecule has 0 saturated carbocycles. The van der Waals surface area contributed by atoms with Crippen molar-refractivity contribution in [2.24, 2.45) is 0 Å². The average molecular weight is 531 g/mol. The van der Waals surface area contributed by atoms with Crippen LogP contribution in [0.15, 0.2) is 66.2 Å². The SMILES string of the molecule is CCc1ccc(C2C(=C(O)c3ccc4c(c3)CC(C)O4)C(=O)C(=O)N2c2nc3ccc(Cl)cc3s2)cc1. The summed E-state index contributed by atoms with van der Waals surface area (Å²) in [6.45, 7) is 4.04. The zero-order valence-corrected chi connectivity index (χ0v) is 21.8. The molecule has 1 N–H and O–H groups in total. The molecule has 2 unspecified atom stereocenters. The summed E-state index contributed by atoms with van der Waals surface area (Å²) >= 11 is 7.45. The van der Waals surface area contributed by atoms with E-state index in [0.29, 0.717) is 33.2 Å². The number of carbonyl (C=O) groups excluding carboxylic acids is 2. The number of fused-ring (bicyclic) bond motifs is 2. The molecule has 2 aliphatic heterocycles. The number of hydrogen-bond acceptors (Lipinski definition) is 6. The standard InChI is InChI=1S/C29H23ClN2O4S/c1-3-16-4-6-17(7-5-16)25-24(26(33)18-8-11-22-19(13-18)12-15(2)36-22)27(34)28(35)32(25)29-31-21-10-9-20(30)14-23(21)37-29/h4-11,13-15,25,33H,3,12H2,1-2H3. The van der Waals surface area contributed by atoms with Gasteiger partial charge >= 0.3 is 5.91 Å². The van der Waals surface area contributed by atoms with E-state index in [1.807, 2.05) is 37.3 Å². The fourth-order valence-corrected chi connectivity index (χ4v) is 6.26. The van der Waals surface area contributed by atoms with Crippen molar-refractivity contribution in [1.29, 1.82) is 0 Å². The molecular formula is C29H23ClN2O4S. The first-order chi connectivity index (χ1) is 17.8. The summed E-state index contributed by atoms with van der Waals surface area (Å²) in [5.74, 6) is -0.917. The maximum absolute atomic E-state index is 13.5. The Bertz CT molecular complexity index is 1610. The highest BCUT2D eigenvalue weighted by atomic mass is 35.5. The predicted octanol–water partition coefficient (Wildman–Crippen LogP) is 6.46. The van der Waals surface area contributed by atoms with Gasteiger partial charge in [0.2, 0.25) is 0 Å². The number of benzene rings is 3. The van der Waals surface area contributed by atoms with Gasteiger partial charge in [-0.3, -0.25) is 14.5 Å². The minimum Gasteiger partial charge on any atom is -0.507 e. The van der Waals surface area contributed by atoms with E-state index >= 15 is 0 Å². The number of ketones is 1. The second-order valence-electron chi connectivity index (χ2n) is 9.33. The van der Waals surface area contributed by atoms with Crippen molar-refractivity contribution in [3.05, 3.63) is 93.5 Å². The Morgan fingerprint density at radius 2 is 1.92 bits per heavy atom. The first-order valence-corrected chi connectivity index (χ1v) is 13.3. The third-order valence-corrected chi connectivity index (χ3v) is 8.12. The van der Waals surface area contributed by atoms with Crippen molar-refractivity contribution in [2.75, 3.05) is 4.90 Å².